The van der Waals surface area contributed by atoms with Crippen LogP contribution in [0.2, 0.25) is 0 Å². The second-order valence-corrected chi connectivity index (χ2v) is 9.37. The maximum Gasteiger partial charge on any atom is 0.317 e. The number of methoxy groups -OCH3 is 3. The first-order valence-electron chi connectivity index (χ1n) is 13.4. The number of urea groups is 1. The summed E-state index contributed by atoms with van der Waals surface area (Å²) in [6.07, 6.45) is 3.08. The summed E-state index contributed by atoms with van der Waals surface area (Å²) >= 11 is 0. The molecule has 0 aliphatic carbocycles. The van der Waals surface area contributed by atoms with Crippen LogP contribution in [0.3, 0.4) is 0 Å². The number of ether oxygens (including phenoxy) is 3. The Labute approximate surface area is 235 Å². The first-order valence-corrected chi connectivity index (χ1v) is 13.4. The third-order valence-electron chi connectivity index (χ3n) is 6.89. The number of nitrogens with one attached hydrogen (secondary N) is 2. The molecule has 1 fully saturated rings. The molecular formula is C30H37N5O5. The van der Waals surface area contributed by atoms with E-state index < -0.39 is 0 Å². The van der Waals surface area contributed by atoms with E-state index in [1.54, 1.807) is 44.6 Å². The van der Waals surface area contributed by atoms with Crippen LogP contribution in [0.4, 0.5) is 10.6 Å². The van der Waals surface area contributed by atoms with Crippen molar-refractivity contribution in [3.8, 4) is 17.2 Å². The third kappa shape index (κ3) is 7.34. The van der Waals surface area contributed by atoms with Gasteiger partial charge in [-0.15, -0.1) is 0 Å². The molecule has 3 aromatic rings. The lowest BCUT2D eigenvalue weighted by Gasteiger charge is -2.36. The van der Waals surface area contributed by atoms with Crippen molar-refractivity contribution in [3.05, 3.63) is 77.5 Å². The van der Waals surface area contributed by atoms with E-state index >= 15 is 0 Å². The smallest absolute Gasteiger partial charge is 0.317 e. The molecule has 1 saturated heterocycles. The van der Waals surface area contributed by atoms with E-state index in [-0.39, 0.29) is 11.9 Å². The zero-order chi connectivity index (χ0) is 28.3. The fraction of sp³-hybridized carbons (Fsp3) is 0.367. The molecular weight excluding hydrogens is 510 g/mol. The Kier molecular flexibility index (Phi) is 10.0. The van der Waals surface area contributed by atoms with E-state index in [2.05, 4.69) is 20.5 Å². The second-order valence-electron chi connectivity index (χ2n) is 9.37. The number of amides is 3. The Morgan fingerprint density at radius 1 is 0.800 bits per heavy atom. The largest absolute Gasteiger partial charge is 0.497 e. The number of rotatable bonds is 11. The van der Waals surface area contributed by atoms with Gasteiger partial charge in [-0.3, -0.25) is 4.79 Å². The number of aromatic nitrogens is 1. The lowest BCUT2D eigenvalue weighted by atomic mass is 10.1. The van der Waals surface area contributed by atoms with Crippen LogP contribution < -0.4 is 29.7 Å². The number of carbonyl (C=O) groups excluding carboxylic acids is 2. The predicted molar refractivity (Wildman–Crippen MR) is 154 cm³/mol. The van der Waals surface area contributed by atoms with Crippen molar-refractivity contribution >= 4 is 17.8 Å². The van der Waals surface area contributed by atoms with E-state index in [4.69, 9.17) is 14.2 Å². The Hall–Kier alpha value is -4.47. The van der Waals surface area contributed by atoms with Gasteiger partial charge in [0.25, 0.3) is 5.91 Å². The van der Waals surface area contributed by atoms with Crippen LogP contribution in [0.25, 0.3) is 0 Å². The topological polar surface area (TPSA) is 105 Å². The third-order valence-corrected chi connectivity index (χ3v) is 6.89. The van der Waals surface area contributed by atoms with E-state index in [1.165, 1.54) is 0 Å². The average molecular weight is 548 g/mol. The highest BCUT2D eigenvalue weighted by Gasteiger charge is 2.24. The van der Waals surface area contributed by atoms with Crippen LogP contribution in [0.15, 0.2) is 60.8 Å². The zero-order valence-corrected chi connectivity index (χ0v) is 23.3. The highest BCUT2D eigenvalue weighted by molar-refractivity contribution is 5.98. The number of carbonyl (C=O) groups is 2. The van der Waals surface area contributed by atoms with Crippen LogP contribution in [0, 0.1) is 0 Å². The molecule has 0 bridgehead atoms. The summed E-state index contributed by atoms with van der Waals surface area (Å²) in [6.45, 7) is 3.30. The molecule has 0 unspecified atom stereocenters. The molecule has 0 spiro atoms. The summed E-state index contributed by atoms with van der Waals surface area (Å²) in [5.74, 6) is 2.59. The number of nitrogens with zero attached hydrogens (tertiary/aromatic N) is 3. The normalized spacial score (nSPS) is 13.0. The zero-order valence-electron chi connectivity index (χ0n) is 23.3. The second kappa shape index (κ2) is 14.1. The van der Waals surface area contributed by atoms with Crippen molar-refractivity contribution in [2.24, 2.45) is 0 Å². The molecule has 1 aliphatic rings. The maximum absolute atomic E-state index is 13.1. The van der Waals surface area contributed by atoms with Gasteiger partial charge in [0.2, 0.25) is 0 Å². The Bertz CT molecular complexity index is 1280. The monoisotopic (exact) mass is 547 g/mol. The van der Waals surface area contributed by atoms with Crippen LogP contribution in [0.1, 0.15) is 21.5 Å². The lowest BCUT2D eigenvalue weighted by Crippen LogP contribution is -2.52. The van der Waals surface area contributed by atoms with Crippen molar-refractivity contribution in [1.82, 2.24) is 20.5 Å². The molecule has 4 rings (SSSR count). The molecule has 10 heteroatoms. The molecule has 1 aromatic heterocycles. The number of hydrogen-bond donors (Lipinski definition) is 2. The molecule has 0 atom stereocenters. The van der Waals surface area contributed by atoms with Crippen LogP contribution in [0.5, 0.6) is 17.2 Å². The van der Waals surface area contributed by atoms with Gasteiger partial charge in [0.15, 0.2) is 11.5 Å². The highest BCUT2D eigenvalue weighted by atomic mass is 16.5. The van der Waals surface area contributed by atoms with Crippen molar-refractivity contribution in [2.45, 2.75) is 12.8 Å². The number of anilines is 1. The minimum absolute atomic E-state index is 0.0812. The number of hydrogen-bond acceptors (Lipinski definition) is 7. The van der Waals surface area contributed by atoms with Crippen LogP contribution in [-0.4, -0.2) is 82.4 Å². The predicted octanol–water partition coefficient (Wildman–Crippen LogP) is 3.15. The van der Waals surface area contributed by atoms with Gasteiger partial charge in [-0.2, -0.15) is 0 Å². The Morgan fingerprint density at radius 3 is 2.17 bits per heavy atom. The standard InChI is InChI=1S/C30H37N5O5/c1-38-24-9-6-22(7-10-24)12-16-33-30(37)35-19-17-34(18-20-35)28-25(5-4-14-31-28)29(36)32-15-13-23-8-11-26(39-2)27(21-23)40-3/h4-11,14,21H,12-13,15-20H2,1-3H3,(H,32,36)(H,33,37). The summed E-state index contributed by atoms with van der Waals surface area (Å²) in [5, 5.41) is 6.01. The quantitative estimate of drug-likeness (QED) is 0.380. The van der Waals surface area contributed by atoms with Gasteiger partial charge in [0, 0.05) is 45.5 Å². The first kappa shape index (κ1) is 28.5. The van der Waals surface area contributed by atoms with Gasteiger partial charge >= 0.3 is 6.03 Å². The molecule has 3 amide bonds. The van der Waals surface area contributed by atoms with Crippen molar-refractivity contribution in [3.63, 3.8) is 0 Å². The number of pyridine rings is 1. The van der Waals surface area contributed by atoms with Crippen LogP contribution >= 0.6 is 0 Å². The molecule has 2 heterocycles. The van der Waals surface area contributed by atoms with Gasteiger partial charge in [0.1, 0.15) is 11.6 Å². The van der Waals surface area contributed by atoms with E-state index in [1.807, 2.05) is 42.5 Å². The molecule has 212 valence electrons. The van der Waals surface area contributed by atoms with Crippen molar-refractivity contribution in [2.75, 3.05) is 65.5 Å². The molecule has 40 heavy (non-hydrogen) atoms. The van der Waals surface area contributed by atoms with E-state index in [0.29, 0.717) is 68.6 Å². The fourth-order valence-electron chi connectivity index (χ4n) is 4.62. The van der Waals surface area contributed by atoms with E-state index in [9.17, 15) is 9.59 Å². The molecule has 0 radical (unpaired) electrons. The minimum atomic E-state index is -0.178. The van der Waals surface area contributed by atoms with Crippen LogP contribution in [-0.2, 0) is 12.8 Å². The van der Waals surface area contributed by atoms with Gasteiger partial charge in [0.05, 0.1) is 26.9 Å². The van der Waals surface area contributed by atoms with Gasteiger partial charge in [-0.25, -0.2) is 9.78 Å². The van der Waals surface area contributed by atoms with Crippen molar-refractivity contribution < 1.29 is 23.8 Å². The molecule has 0 saturated carbocycles. The number of benzene rings is 2. The maximum atomic E-state index is 13.1. The molecule has 2 aromatic carbocycles. The lowest BCUT2D eigenvalue weighted by molar-refractivity contribution is 0.0954. The summed E-state index contributed by atoms with van der Waals surface area (Å²) in [6, 6.07) is 17.0. The number of piperazine rings is 1. The Morgan fingerprint density at radius 2 is 1.48 bits per heavy atom. The Balaban J connectivity index is 1.25. The summed E-state index contributed by atoms with van der Waals surface area (Å²) < 4.78 is 15.8. The summed E-state index contributed by atoms with van der Waals surface area (Å²) in [7, 11) is 4.84. The van der Waals surface area contributed by atoms with Crippen molar-refractivity contribution in [1.29, 1.82) is 0 Å². The minimum Gasteiger partial charge on any atom is -0.497 e. The fourth-order valence-corrected chi connectivity index (χ4v) is 4.62. The van der Waals surface area contributed by atoms with Gasteiger partial charge < -0.3 is 34.6 Å². The van der Waals surface area contributed by atoms with E-state index in [0.717, 1.165) is 23.3 Å². The SMILES string of the molecule is COc1ccc(CCNC(=O)N2CCN(c3ncccc3C(=O)NCCc3ccc(OC)c(OC)c3)CC2)cc1. The molecule has 1 aliphatic heterocycles. The summed E-state index contributed by atoms with van der Waals surface area (Å²) in [5.41, 5.74) is 2.69. The first-order chi connectivity index (χ1) is 19.5. The highest BCUT2D eigenvalue weighted by Crippen LogP contribution is 2.27. The summed E-state index contributed by atoms with van der Waals surface area (Å²) in [4.78, 5) is 34.1. The van der Waals surface area contributed by atoms with Gasteiger partial charge in [-0.1, -0.05) is 18.2 Å². The van der Waals surface area contributed by atoms with Gasteiger partial charge in [-0.05, 0) is 60.4 Å². The molecule has 10 nitrogen and oxygen atoms in total. The molecule has 2 N–H and O–H groups in total. The average Bonchev–Trinajstić information content (AvgIpc) is 3.01.